The van der Waals surface area contributed by atoms with E-state index in [1.54, 1.807) is 51.2 Å². The summed E-state index contributed by atoms with van der Waals surface area (Å²) in [6, 6.07) is 18.8. The first-order valence-electron chi connectivity index (χ1n) is 15.2. The van der Waals surface area contributed by atoms with Crippen molar-refractivity contribution >= 4 is 44.5 Å². The second kappa shape index (κ2) is 13.2. The van der Waals surface area contributed by atoms with E-state index in [4.69, 9.17) is 10.5 Å². The number of hydrogen-bond donors (Lipinski definition) is 3. The summed E-state index contributed by atoms with van der Waals surface area (Å²) < 4.78 is 6.17. The lowest BCUT2D eigenvalue weighted by molar-refractivity contribution is -0.157. The molecule has 0 saturated carbocycles. The third-order valence-electron chi connectivity index (χ3n) is 8.39. The molecule has 4 amide bonds. The predicted octanol–water partition coefficient (Wildman–Crippen LogP) is 3.55. The topological polar surface area (TPSA) is 145 Å². The highest BCUT2D eigenvalue weighted by atomic mass is 32.1. The number of nitrogen functional groups attached to an aromatic ring is 1. The molecule has 0 spiro atoms. The Kier molecular flexibility index (Phi) is 8.95. The first kappa shape index (κ1) is 31.1. The largest absolute Gasteiger partial charge is 0.508 e. The summed E-state index contributed by atoms with van der Waals surface area (Å²) in [5.41, 5.74) is 9.33. The molecule has 13 heteroatoms. The summed E-state index contributed by atoms with van der Waals surface area (Å²) in [5.74, 6) is 0.435. The smallest absolute Gasteiger partial charge is 0.332 e. The normalized spacial score (nSPS) is 18.2. The zero-order valence-electron chi connectivity index (χ0n) is 25.8. The van der Waals surface area contributed by atoms with Gasteiger partial charge in [0.1, 0.15) is 23.7 Å². The zero-order chi connectivity index (χ0) is 32.4. The lowest BCUT2D eigenvalue weighted by atomic mass is 9.99. The molecule has 0 radical (unpaired) electrons. The Bertz CT molecular complexity index is 1730. The number of aromatic nitrogens is 1. The van der Waals surface area contributed by atoms with E-state index in [2.05, 4.69) is 10.3 Å². The fourth-order valence-corrected chi connectivity index (χ4v) is 6.95. The van der Waals surface area contributed by atoms with Gasteiger partial charge in [-0.3, -0.25) is 14.6 Å². The quantitative estimate of drug-likeness (QED) is 0.238. The van der Waals surface area contributed by atoms with Gasteiger partial charge >= 0.3 is 6.03 Å². The second-order valence-corrected chi connectivity index (χ2v) is 12.5. The number of thiazole rings is 1. The van der Waals surface area contributed by atoms with E-state index in [1.807, 2.05) is 49.4 Å². The minimum absolute atomic E-state index is 0.0357. The van der Waals surface area contributed by atoms with Crippen molar-refractivity contribution in [3.8, 4) is 11.5 Å². The predicted molar refractivity (Wildman–Crippen MR) is 175 cm³/mol. The minimum atomic E-state index is -0.800. The minimum Gasteiger partial charge on any atom is -0.508 e. The first-order valence-corrected chi connectivity index (χ1v) is 16.0. The molecule has 2 aliphatic heterocycles. The number of para-hydroxylation sites is 1. The maximum Gasteiger partial charge on any atom is 0.332 e. The van der Waals surface area contributed by atoms with Crippen LogP contribution in [-0.4, -0.2) is 86.7 Å². The van der Waals surface area contributed by atoms with Crippen LogP contribution in [0.25, 0.3) is 10.2 Å². The Morgan fingerprint density at radius 2 is 1.85 bits per heavy atom. The number of benzene rings is 3. The number of phenols is 1. The standard InChI is InChI=1S/C33H37N7O5S/c1-3-15-38(33(44)35-17-22-9-13-25(45-2)14-10-22)39-20-29(42)40-26(16-21-7-11-24(41)12-8-21)31(43)37(19-28(39)40)18-23-5-4-6-27-30(23)36-32(34)46-27/h4-14,26,28,41H,3,15-20H2,1-2H3,(H2,34,36)(H,35,44)/t26-,28+/m0/s1. The van der Waals surface area contributed by atoms with Gasteiger partial charge in [0.05, 0.1) is 30.4 Å². The highest BCUT2D eigenvalue weighted by Crippen LogP contribution is 2.32. The van der Waals surface area contributed by atoms with Gasteiger partial charge in [0.2, 0.25) is 11.8 Å². The fraction of sp³-hybridized carbons (Fsp3) is 0.333. The number of urea groups is 1. The summed E-state index contributed by atoms with van der Waals surface area (Å²) >= 11 is 1.39. The summed E-state index contributed by atoms with van der Waals surface area (Å²) in [4.78, 5) is 49.5. The van der Waals surface area contributed by atoms with Crippen molar-refractivity contribution in [3.05, 3.63) is 83.4 Å². The van der Waals surface area contributed by atoms with E-state index < -0.39 is 12.2 Å². The van der Waals surface area contributed by atoms with Crippen molar-refractivity contribution in [2.75, 3.05) is 32.5 Å². The van der Waals surface area contributed by atoms with E-state index >= 15 is 0 Å². The van der Waals surface area contributed by atoms with Crippen LogP contribution < -0.4 is 15.8 Å². The van der Waals surface area contributed by atoms with Crippen LogP contribution in [0.1, 0.15) is 30.0 Å². The molecule has 6 rings (SSSR count). The van der Waals surface area contributed by atoms with Crippen LogP contribution in [0.2, 0.25) is 0 Å². The molecule has 1 aromatic heterocycles. The summed E-state index contributed by atoms with van der Waals surface area (Å²) in [7, 11) is 1.60. The van der Waals surface area contributed by atoms with Crippen LogP contribution in [0.3, 0.4) is 0 Å². The summed E-state index contributed by atoms with van der Waals surface area (Å²) in [6.07, 6.45) is 0.363. The molecule has 0 unspecified atom stereocenters. The molecule has 2 saturated heterocycles. The number of rotatable bonds is 10. The van der Waals surface area contributed by atoms with E-state index in [1.165, 1.54) is 11.3 Å². The highest BCUT2D eigenvalue weighted by Gasteiger charge is 2.52. The van der Waals surface area contributed by atoms with Crippen LogP contribution in [0.4, 0.5) is 9.93 Å². The average Bonchev–Trinajstić information content (AvgIpc) is 3.60. The third kappa shape index (κ3) is 6.28. The molecular formula is C33H37N7O5S. The van der Waals surface area contributed by atoms with Crippen molar-refractivity contribution in [1.29, 1.82) is 0 Å². The molecule has 2 fully saturated rings. The van der Waals surface area contributed by atoms with Gasteiger partial charge in [-0.05, 0) is 53.4 Å². The second-order valence-electron chi connectivity index (χ2n) is 11.4. The van der Waals surface area contributed by atoms with Crippen molar-refractivity contribution in [1.82, 2.24) is 30.1 Å². The lowest BCUT2D eigenvalue weighted by Crippen LogP contribution is -2.66. The first-order chi connectivity index (χ1) is 22.2. The number of nitrogens with one attached hydrogen (secondary N) is 1. The third-order valence-corrected chi connectivity index (χ3v) is 9.24. The molecule has 46 heavy (non-hydrogen) atoms. The number of piperazine rings is 1. The van der Waals surface area contributed by atoms with Gasteiger partial charge in [0.25, 0.3) is 0 Å². The molecule has 12 nitrogen and oxygen atoms in total. The highest BCUT2D eigenvalue weighted by molar-refractivity contribution is 7.22. The molecule has 240 valence electrons. The van der Waals surface area contributed by atoms with Crippen LogP contribution >= 0.6 is 11.3 Å². The molecule has 2 atom stereocenters. The number of anilines is 1. The maximum atomic E-state index is 14.2. The van der Waals surface area contributed by atoms with Gasteiger partial charge in [-0.25, -0.2) is 9.78 Å². The van der Waals surface area contributed by atoms with E-state index in [0.717, 1.165) is 32.7 Å². The Morgan fingerprint density at radius 3 is 2.57 bits per heavy atom. The summed E-state index contributed by atoms with van der Waals surface area (Å²) in [5, 5.41) is 16.7. The molecular weight excluding hydrogens is 606 g/mol. The lowest BCUT2D eigenvalue weighted by Gasteiger charge is -2.46. The van der Waals surface area contributed by atoms with E-state index in [0.29, 0.717) is 24.6 Å². The Balaban J connectivity index is 1.29. The number of hydrogen-bond acceptors (Lipinski definition) is 9. The number of carbonyl (C=O) groups excluding carboxylic acids is 3. The Labute approximate surface area is 270 Å². The fourth-order valence-electron chi connectivity index (χ4n) is 6.17. The Hall–Kier alpha value is -4.88. The van der Waals surface area contributed by atoms with E-state index in [9.17, 15) is 19.5 Å². The van der Waals surface area contributed by atoms with Crippen molar-refractivity contribution in [3.63, 3.8) is 0 Å². The van der Waals surface area contributed by atoms with Crippen LogP contribution in [0.5, 0.6) is 11.5 Å². The number of phenolic OH excluding ortho intramolecular Hbond substituents is 1. The van der Waals surface area contributed by atoms with Crippen LogP contribution in [0, 0.1) is 0 Å². The van der Waals surface area contributed by atoms with Crippen molar-refractivity contribution in [2.45, 2.75) is 45.1 Å². The van der Waals surface area contributed by atoms with Crippen molar-refractivity contribution < 1.29 is 24.2 Å². The molecule has 4 aromatic rings. The number of nitrogens with two attached hydrogens (primary N) is 1. The van der Waals surface area contributed by atoms with Gasteiger partial charge < -0.3 is 30.7 Å². The number of nitrogens with zero attached hydrogens (tertiary/aromatic N) is 5. The number of hydrazine groups is 1. The molecule has 3 heterocycles. The van der Waals surface area contributed by atoms with Crippen LogP contribution in [-0.2, 0) is 29.1 Å². The van der Waals surface area contributed by atoms with Gasteiger partial charge in [0, 0.05) is 26.1 Å². The van der Waals surface area contributed by atoms with Gasteiger partial charge in [-0.15, -0.1) is 0 Å². The monoisotopic (exact) mass is 643 g/mol. The average molecular weight is 644 g/mol. The summed E-state index contributed by atoms with van der Waals surface area (Å²) in [6.45, 7) is 3.11. The molecule has 4 N–H and O–H groups in total. The number of aromatic hydroxyl groups is 1. The molecule has 3 aromatic carbocycles. The number of methoxy groups -OCH3 is 1. The van der Waals surface area contributed by atoms with Gasteiger partial charge in [-0.2, -0.15) is 5.01 Å². The SMILES string of the molecule is CCCN(C(=O)NCc1ccc(OC)cc1)N1CC(=O)N2[C@@H](Cc3ccc(O)cc3)C(=O)N(Cc3cccc4sc(N)nc34)C[C@@H]21. The number of fused-ring (bicyclic) bond motifs is 2. The maximum absolute atomic E-state index is 14.2. The number of carbonyl (C=O) groups is 3. The van der Waals surface area contributed by atoms with Gasteiger partial charge in [0.15, 0.2) is 5.13 Å². The molecule has 0 aliphatic carbocycles. The van der Waals surface area contributed by atoms with E-state index in [-0.39, 0.29) is 49.7 Å². The zero-order valence-corrected chi connectivity index (χ0v) is 26.6. The Morgan fingerprint density at radius 1 is 1.11 bits per heavy atom. The number of amides is 4. The molecule has 0 bridgehead atoms. The van der Waals surface area contributed by atoms with Crippen LogP contribution in [0.15, 0.2) is 66.7 Å². The number of ether oxygens (including phenoxy) is 1. The van der Waals surface area contributed by atoms with Crippen molar-refractivity contribution in [2.24, 2.45) is 0 Å². The van der Waals surface area contributed by atoms with Gasteiger partial charge in [-0.1, -0.05) is 54.7 Å². The molecule has 2 aliphatic rings.